The van der Waals surface area contributed by atoms with E-state index in [1.807, 2.05) is 41.3 Å². The normalized spacial score (nSPS) is 24.1. The highest BCUT2D eigenvalue weighted by Crippen LogP contribution is 2.53. The SMILES string of the molecule is O=C(Nc1ccc(Cl)cc1)N1CC2CCC(c3ccc(Cl)cc3Cl)C(c3ccc(Cl)cc3)C2C1. The van der Waals surface area contributed by atoms with E-state index in [9.17, 15) is 4.79 Å². The predicted molar refractivity (Wildman–Crippen MR) is 142 cm³/mol. The second-order valence-corrected chi connectivity index (χ2v) is 10.9. The molecule has 1 heterocycles. The van der Waals surface area contributed by atoms with E-state index in [4.69, 9.17) is 46.4 Å². The van der Waals surface area contributed by atoms with E-state index < -0.39 is 0 Å². The molecule has 7 heteroatoms. The summed E-state index contributed by atoms with van der Waals surface area (Å²) in [5.74, 6) is 1.22. The van der Waals surface area contributed by atoms with Crippen LogP contribution in [0.1, 0.15) is 35.8 Å². The fourth-order valence-electron chi connectivity index (χ4n) is 5.70. The van der Waals surface area contributed by atoms with Gasteiger partial charge in [0.1, 0.15) is 0 Å². The smallest absolute Gasteiger partial charge is 0.321 e. The molecule has 0 spiro atoms. The molecule has 2 amide bonds. The van der Waals surface area contributed by atoms with Crippen molar-refractivity contribution in [2.24, 2.45) is 11.8 Å². The fraction of sp³-hybridized carbons (Fsp3) is 0.296. The third-order valence-corrected chi connectivity index (χ3v) is 8.30. The molecule has 4 unspecified atom stereocenters. The number of hydrogen-bond acceptors (Lipinski definition) is 1. The number of carbonyl (C=O) groups excluding carboxylic acids is 1. The fourth-order valence-corrected chi connectivity index (χ4v) is 6.50. The third kappa shape index (κ3) is 4.90. The van der Waals surface area contributed by atoms with Crippen LogP contribution in [-0.4, -0.2) is 24.0 Å². The van der Waals surface area contributed by atoms with Gasteiger partial charge >= 0.3 is 6.03 Å². The number of carbonyl (C=O) groups is 1. The molecule has 1 aliphatic heterocycles. The molecule has 2 aliphatic rings. The summed E-state index contributed by atoms with van der Waals surface area (Å²) >= 11 is 25.0. The quantitative estimate of drug-likeness (QED) is 0.358. The average molecular weight is 534 g/mol. The number of urea groups is 1. The van der Waals surface area contributed by atoms with E-state index in [0.29, 0.717) is 38.5 Å². The molecule has 1 aliphatic carbocycles. The van der Waals surface area contributed by atoms with Crippen LogP contribution in [0, 0.1) is 11.8 Å². The second kappa shape index (κ2) is 9.99. The monoisotopic (exact) mass is 532 g/mol. The third-order valence-electron chi connectivity index (χ3n) is 7.23. The highest BCUT2D eigenvalue weighted by Gasteiger charge is 2.47. The van der Waals surface area contributed by atoms with Gasteiger partial charge in [-0.05, 0) is 96.2 Å². The Morgan fingerprint density at radius 1 is 0.794 bits per heavy atom. The molecule has 1 N–H and O–H groups in total. The van der Waals surface area contributed by atoms with Crippen LogP contribution in [0.5, 0.6) is 0 Å². The first-order valence-corrected chi connectivity index (χ1v) is 12.9. The minimum atomic E-state index is -0.0762. The van der Waals surface area contributed by atoms with Gasteiger partial charge in [0.15, 0.2) is 0 Å². The van der Waals surface area contributed by atoms with Crippen molar-refractivity contribution in [3.63, 3.8) is 0 Å². The van der Waals surface area contributed by atoms with Crippen molar-refractivity contribution in [2.75, 3.05) is 18.4 Å². The molecule has 2 fully saturated rings. The molecule has 0 radical (unpaired) electrons. The summed E-state index contributed by atoms with van der Waals surface area (Å²) in [5, 5.41) is 5.71. The van der Waals surface area contributed by atoms with Gasteiger partial charge in [0.05, 0.1) is 0 Å². The molecule has 34 heavy (non-hydrogen) atoms. The van der Waals surface area contributed by atoms with E-state index in [0.717, 1.165) is 30.6 Å². The van der Waals surface area contributed by atoms with Crippen molar-refractivity contribution in [1.82, 2.24) is 4.90 Å². The van der Waals surface area contributed by atoms with E-state index in [2.05, 4.69) is 23.5 Å². The number of hydrogen-bond donors (Lipinski definition) is 1. The maximum absolute atomic E-state index is 13.1. The highest BCUT2D eigenvalue weighted by atomic mass is 35.5. The van der Waals surface area contributed by atoms with Crippen molar-refractivity contribution in [3.05, 3.63) is 97.9 Å². The molecule has 1 saturated carbocycles. The van der Waals surface area contributed by atoms with Gasteiger partial charge in [-0.25, -0.2) is 4.79 Å². The van der Waals surface area contributed by atoms with Gasteiger partial charge in [-0.1, -0.05) is 64.6 Å². The summed E-state index contributed by atoms with van der Waals surface area (Å²) < 4.78 is 0. The van der Waals surface area contributed by atoms with Gasteiger partial charge in [-0.3, -0.25) is 0 Å². The van der Waals surface area contributed by atoms with E-state index >= 15 is 0 Å². The van der Waals surface area contributed by atoms with Crippen molar-refractivity contribution in [1.29, 1.82) is 0 Å². The Labute approximate surface area is 220 Å². The van der Waals surface area contributed by atoms with Gasteiger partial charge in [-0.2, -0.15) is 0 Å². The summed E-state index contributed by atoms with van der Waals surface area (Å²) in [6, 6.07) is 21.0. The van der Waals surface area contributed by atoms with Gasteiger partial charge in [-0.15, -0.1) is 0 Å². The highest BCUT2D eigenvalue weighted by molar-refractivity contribution is 6.35. The zero-order valence-electron chi connectivity index (χ0n) is 18.4. The lowest BCUT2D eigenvalue weighted by Crippen LogP contribution is -2.34. The summed E-state index contributed by atoms with van der Waals surface area (Å²) in [5.41, 5.74) is 3.09. The van der Waals surface area contributed by atoms with Gasteiger partial charge in [0.2, 0.25) is 0 Å². The van der Waals surface area contributed by atoms with Crippen molar-refractivity contribution in [3.8, 4) is 0 Å². The van der Waals surface area contributed by atoms with Crippen LogP contribution in [0.4, 0.5) is 10.5 Å². The van der Waals surface area contributed by atoms with Gasteiger partial charge < -0.3 is 10.2 Å². The number of likely N-dealkylation sites (tertiary alicyclic amines) is 1. The number of nitrogens with one attached hydrogen (secondary N) is 1. The minimum absolute atomic E-state index is 0.0762. The van der Waals surface area contributed by atoms with Crippen molar-refractivity contribution in [2.45, 2.75) is 24.7 Å². The van der Waals surface area contributed by atoms with E-state index in [1.165, 1.54) is 5.56 Å². The standard InChI is InChI=1S/C27H24Cl4N2O/c28-18-4-1-16(2-5-18)26-23(22-12-8-20(30)13-25(22)31)11-3-17-14-33(15-24(17)26)27(34)32-21-9-6-19(29)7-10-21/h1-2,4-10,12-13,17,23-24,26H,3,11,14-15H2,(H,32,34). The Hall–Kier alpha value is -1.91. The molecule has 1 saturated heterocycles. The number of nitrogens with zero attached hydrogens (tertiary/aromatic N) is 1. The number of amides is 2. The maximum atomic E-state index is 13.1. The summed E-state index contributed by atoms with van der Waals surface area (Å²) in [6.07, 6.45) is 2.05. The van der Waals surface area contributed by atoms with Crippen LogP contribution >= 0.6 is 46.4 Å². The molecule has 3 aromatic rings. The predicted octanol–water partition coefficient (Wildman–Crippen LogP) is 8.74. The first kappa shape index (κ1) is 23.8. The molecular weight excluding hydrogens is 510 g/mol. The van der Waals surface area contributed by atoms with Crippen LogP contribution in [-0.2, 0) is 0 Å². The second-order valence-electron chi connectivity index (χ2n) is 9.19. The number of benzene rings is 3. The molecule has 176 valence electrons. The van der Waals surface area contributed by atoms with Crippen LogP contribution in [0.3, 0.4) is 0 Å². The topological polar surface area (TPSA) is 32.3 Å². The summed E-state index contributed by atoms with van der Waals surface area (Å²) in [7, 11) is 0. The molecular formula is C27H24Cl4N2O. The van der Waals surface area contributed by atoms with Crippen molar-refractivity contribution >= 4 is 58.1 Å². The Kier molecular flexibility index (Phi) is 7.00. The largest absolute Gasteiger partial charge is 0.324 e. The van der Waals surface area contributed by atoms with E-state index in [-0.39, 0.29) is 17.9 Å². The lowest BCUT2D eigenvalue weighted by molar-refractivity contribution is 0.218. The minimum Gasteiger partial charge on any atom is -0.324 e. The van der Waals surface area contributed by atoms with Crippen molar-refractivity contribution < 1.29 is 4.79 Å². The van der Waals surface area contributed by atoms with Gasteiger partial charge in [0, 0.05) is 38.9 Å². The number of rotatable bonds is 3. The number of fused-ring (bicyclic) bond motifs is 1. The first-order valence-electron chi connectivity index (χ1n) is 11.4. The lowest BCUT2D eigenvalue weighted by Gasteiger charge is -2.40. The molecule has 4 atom stereocenters. The number of halogens is 4. The molecule has 0 aromatic heterocycles. The zero-order chi connectivity index (χ0) is 23.8. The molecule has 0 bridgehead atoms. The molecule has 3 nitrogen and oxygen atoms in total. The average Bonchev–Trinajstić information content (AvgIpc) is 3.25. The van der Waals surface area contributed by atoms with Crippen LogP contribution in [0.2, 0.25) is 20.1 Å². The lowest BCUT2D eigenvalue weighted by atomic mass is 9.63. The number of anilines is 1. The Balaban J connectivity index is 1.43. The van der Waals surface area contributed by atoms with E-state index in [1.54, 1.807) is 12.1 Å². The molecule has 3 aromatic carbocycles. The summed E-state index contributed by atoms with van der Waals surface area (Å²) in [4.78, 5) is 15.0. The molecule has 5 rings (SSSR count). The summed E-state index contributed by atoms with van der Waals surface area (Å²) in [6.45, 7) is 1.44. The van der Waals surface area contributed by atoms with Crippen LogP contribution < -0.4 is 5.32 Å². The Morgan fingerprint density at radius 3 is 2.12 bits per heavy atom. The van der Waals surface area contributed by atoms with Crippen LogP contribution in [0.15, 0.2) is 66.7 Å². The van der Waals surface area contributed by atoms with Gasteiger partial charge in [0.25, 0.3) is 0 Å². The first-order chi connectivity index (χ1) is 16.4. The Bertz CT molecular complexity index is 1180. The maximum Gasteiger partial charge on any atom is 0.321 e. The Morgan fingerprint density at radius 2 is 1.44 bits per heavy atom. The van der Waals surface area contributed by atoms with Crippen LogP contribution in [0.25, 0.3) is 0 Å². The zero-order valence-corrected chi connectivity index (χ0v) is 21.4.